The number of carbonyl (C=O) groups is 2. The van der Waals surface area contributed by atoms with Crippen LogP contribution in [0, 0.1) is 6.92 Å². The van der Waals surface area contributed by atoms with Gasteiger partial charge in [0.05, 0.1) is 25.3 Å². The second-order valence-electron chi connectivity index (χ2n) is 4.88. The summed E-state index contributed by atoms with van der Waals surface area (Å²) in [6.07, 6.45) is 0. The summed E-state index contributed by atoms with van der Waals surface area (Å²) >= 11 is 9.96. The summed E-state index contributed by atoms with van der Waals surface area (Å²) in [5, 5.41) is 0.636. The molecular weight excluding hydrogens is 520 g/mol. The van der Waals surface area contributed by atoms with Crippen LogP contribution in [0.25, 0.3) is 0 Å². The minimum atomic E-state index is -0.304. The molecule has 0 fully saturated rings. The van der Waals surface area contributed by atoms with E-state index >= 15 is 0 Å². The molecule has 7 heteroatoms. The normalized spacial score (nSPS) is 9.68. The summed E-state index contributed by atoms with van der Waals surface area (Å²) in [5.41, 5.74) is 3.04. The van der Waals surface area contributed by atoms with Crippen LogP contribution in [0.5, 0.6) is 0 Å². The van der Waals surface area contributed by atoms with E-state index in [0.29, 0.717) is 16.5 Å². The third kappa shape index (κ3) is 6.56. The van der Waals surface area contributed by atoms with Crippen molar-refractivity contribution in [2.45, 2.75) is 12.3 Å². The number of carbonyl (C=O) groups excluding carboxylic acids is 2. The van der Waals surface area contributed by atoms with Crippen LogP contribution in [0.15, 0.2) is 45.3 Å². The second kappa shape index (κ2) is 10.7. The van der Waals surface area contributed by atoms with Crippen LogP contribution in [-0.4, -0.2) is 26.2 Å². The van der Waals surface area contributed by atoms with Crippen LogP contribution in [0.4, 0.5) is 0 Å². The molecule has 0 bridgehead atoms. The quantitative estimate of drug-likeness (QED) is 0.374. The van der Waals surface area contributed by atoms with E-state index in [1.54, 1.807) is 12.1 Å². The highest BCUT2D eigenvalue weighted by molar-refractivity contribution is 9.10. The molecule has 0 aliphatic rings. The molecule has 25 heavy (non-hydrogen) atoms. The van der Waals surface area contributed by atoms with Crippen molar-refractivity contribution < 1.29 is 19.1 Å². The Morgan fingerprint density at radius 3 is 1.84 bits per heavy atom. The lowest BCUT2D eigenvalue weighted by Gasteiger charge is -2.04. The van der Waals surface area contributed by atoms with Crippen molar-refractivity contribution >= 4 is 59.7 Å². The first-order chi connectivity index (χ1) is 11.8. The molecule has 0 atom stereocenters. The van der Waals surface area contributed by atoms with Gasteiger partial charge in [0, 0.05) is 14.3 Å². The fourth-order valence-corrected chi connectivity index (χ4v) is 3.30. The number of hydrogen-bond acceptors (Lipinski definition) is 4. The third-order valence-electron chi connectivity index (χ3n) is 3.21. The monoisotopic (exact) mass is 534 g/mol. The minimum Gasteiger partial charge on any atom is -0.465 e. The molecule has 0 radical (unpaired) electrons. The maximum Gasteiger partial charge on any atom is 0.338 e. The molecule has 134 valence electrons. The number of methoxy groups -OCH3 is 2. The van der Waals surface area contributed by atoms with Gasteiger partial charge >= 0.3 is 11.9 Å². The van der Waals surface area contributed by atoms with Crippen molar-refractivity contribution in [1.29, 1.82) is 0 Å². The largest absolute Gasteiger partial charge is 0.465 e. The van der Waals surface area contributed by atoms with Gasteiger partial charge in [0.15, 0.2) is 0 Å². The number of alkyl halides is 1. The van der Waals surface area contributed by atoms with E-state index in [2.05, 4.69) is 57.3 Å². The molecule has 0 saturated carbocycles. The molecule has 4 nitrogen and oxygen atoms in total. The summed E-state index contributed by atoms with van der Waals surface area (Å²) in [5.74, 6) is -0.595. The molecule has 0 saturated heterocycles. The molecule has 2 aromatic carbocycles. The van der Waals surface area contributed by atoms with Crippen molar-refractivity contribution in [3.05, 3.63) is 67.6 Å². The van der Waals surface area contributed by atoms with E-state index < -0.39 is 0 Å². The molecule has 0 aliphatic heterocycles. The average Bonchev–Trinajstić information content (AvgIpc) is 2.60. The van der Waals surface area contributed by atoms with Gasteiger partial charge in [-0.05, 0) is 54.4 Å². The van der Waals surface area contributed by atoms with Gasteiger partial charge in [-0.3, -0.25) is 0 Å². The minimum absolute atomic E-state index is 0.292. The average molecular weight is 537 g/mol. The zero-order chi connectivity index (χ0) is 19.0. The maximum atomic E-state index is 11.2. The lowest BCUT2D eigenvalue weighted by molar-refractivity contribution is 0.0591. The van der Waals surface area contributed by atoms with Crippen LogP contribution < -0.4 is 0 Å². The van der Waals surface area contributed by atoms with Crippen LogP contribution in [0.1, 0.15) is 31.8 Å². The van der Waals surface area contributed by atoms with E-state index in [1.165, 1.54) is 14.2 Å². The highest BCUT2D eigenvalue weighted by Gasteiger charge is 2.10. The first kappa shape index (κ1) is 21.9. The molecule has 0 N–H and O–H groups in total. The van der Waals surface area contributed by atoms with Crippen LogP contribution >= 0.6 is 47.8 Å². The summed E-state index contributed by atoms with van der Waals surface area (Å²) in [6, 6.07) is 10.9. The Morgan fingerprint density at radius 1 is 0.880 bits per heavy atom. The van der Waals surface area contributed by atoms with E-state index in [4.69, 9.17) is 0 Å². The highest BCUT2D eigenvalue weighted by atomic mass is 79.9. The van der Waals surface area contributed by atoms with Gasteiger partial charge in [0.2, 0.25) is 0 Å². The Balaban J connectivity index is 0.000000251. The van der Waals surface area contributed by atoms with Gasteiger partial charge in [-0.15, -0.1) is 0 Å². The number of aryl methyl sites for hydroxylation is 1. The van der Waals surface area contributed by atoms with Crippen molar-refractivity contribution in [3.8, 4) is 0 Å². The van der Waals surface area contributed by atoms with Crippen molar-refractivity contribution in [2.75, 3.05) is 14.2 Å². The molecule has 2 rings (SSSR count). The molecule has 0 aliphatic carbocycles. The third-order valence-corrected chi connectivity index (χ3v) is 4.80. The molecule has 0 spiro atoms. The molecule has 0 heterocycles. The van der Waals surface area contributed by atoms with Crippen LogP contribution in [-0.2, 0) is 14.8 Å². The van der Waals surface area contributed by atoms with Gasteiger partial charge in [-0.2, -0.15) is 0 Å². The van der Waals surface area contributed by atoms with Gasteiger partial charge in [-0.25, -0.2) is 9.59 Å². The number of rotatable bonds is 3. The molecule has 2 aromatic rings. The SMILES string of the molecule is COC(=O)c1ccc(Br)cc1C.COC(=O)c1ccc(Br)cc1CBr. The standard InChI is InChI=1S/C9H8Br2O2.C9H9BrO2/c1-13-9(12)8-3-2-7(11)4-6(8)5-10;1-6-5-7(10)3-4-8(6)9(11)12-2/h2-4H,5H2,1H3;3-5H,1-2H3. The predicted octanol–water partition coefficient (Wildman–Crippen LogP) is 5.67. The lowest BCUT2D eigenvalue weighted by Crippen LogP contribution is -2.04. The van der Waals surface area contributed by atoms with Crippen molar-refractivity contribution in [2.24, 2.45) is 0 Å². The first-order valence-electron chi connectivity index (χ1n) is 7.11. The first-order valence-corrected chi connectivity index (χ1v) is 9.82. The Kier molecular flexibility index (Phi) is 9.38. The molecule has 0 amide bonds. The summed E-state index contributed by atoms with van der Waals surface area (Å²) in [6.45, 7) is 1.87. The molecular formula is C18H17Br3O4. The van der Waals surface area contributed by atoms with E-state index in [0.717, 1.165) is 20.1 Å². The highest BCUT2D eigenvalue weighted by Crippen LogP contribution is 2.19. The van der Waals surface area contributed by atoms with Crippen molar-refractivity contribution in [3.63, 3.8) is 0 Å². The number of ether oxygens (including phenoxy) is 2. The number of halogens is 3. The zero-order valence-corrected chi connectivity index (χ0v) is 18.7. The Labute approximate surface area is 172 Å². The zero-order valence-electron chi connectivity index (χ0n) is 13.9. The Morgan fingerprint density at radius 2 is 1.36 bits per heavy atom. The van der Waals surface area contributed by atoms with Gasteiger partial charge < -0.3 is 9.47 Å². The lowest BCUT2D eigenvalue weighted by atomic mass is 10.1. The molecule has 0 aromatic heterocycles. The number of esters is 2. The van der Waals surface area contributed by atoms with E-state index in [9.17, 15) is 9.59 Å². The fourth-order valence-electron chi connectivity index (χ4n) is 1.95. The van der Waals surface area contributed by atoms with E-state index in [1.807, 2.05) is 31.2 Å². The van der Waals surface area contributed by atoms with Crippen LogP contribution in [0.2, 0.25) is 0 Å². The van der Waals surface area contributed by atoms with Gasteiger partial charge in [-0.1, -0.05) is 47.8 Å². The smallest absolute Gasteiger partial charge is 0.338 e. The number of hydrogen-bond donors (Lipinski definition) is 0. The fraction of sp³-hybridized carbons (Fsp3) is 0.222. The second-order valence-corrected chi connectivity index (χ2v) is 7.27. The van der Waals surface area contributed by atoms with Gasteiger partial charge in [0.25, 0.3) is 0 Å². The Hall–Kier alpha value is -1.18. The summed E-state index contributed by atoms with van der Waals surface area (Å²) in [4.78, 5) is 22.4. The van der Waals surface area contributed by atoms with Crippen LogP contribution in [0.3, 0.4) is 0 Å². The van der Waals surface area contributed by atoms with Gasteiger partial charge in [0.1, 0.15) is 0 Å². The Bertz CT molecular complexity index is 760. The summed E-state index contributed by atoms with van der Waals surface area (Å²) < 4.78 is 11.2. The molecule has 0 unspecified atom stereocenters. The maximum absolute atomic E-state index is 11.2. The van der Waals surface area contributed by atoms with E-state index in [-0.39, 0.29) is 11.9 Å². The van der Waals surface area contributed by atoms with Crippen molar-refractivity contribution in [1.82, 2.24) is 0 Å². The number of benzene rings is 2. The summed E-state index contributed by atoms with van der Waals surface area (Å²) in [7, 11) is 2.76. The predicted molar refractivity (Wildman–Crippen MR) is 108 cm³/mol. The topological polar surface area (TPSA) is 52.6 Å².